The molecule has 5 rings (SSSR count). The SMILES string of the molecule is COc1ccc2ncc(CN3CCOCC3)c(C(O)CCC3(CC(=O)O)CCN(CCC4CCCCC4)CC3)c2c1. The van der Waals surface area contributed by atoms with Crippen molar-refractivity contribution < 1.29 is 24.5 Å². The highest BCUT2D eigenvalue weighted by Gasteiger charge is 2.37. The number of hydrogen-bond donors (Lipinski definition) is 2. The summed E-state index contributed by atoms with van der Waals surface area (Å²) in [5, 5.41) is 22.6. The number of morpholine rings is 1. The summed E-state index contributed by atoms with van der Waals surface area (Å²) in [5.41, 5.74) is 2.47. The molecule has 1 aliphatic carbocycles. The van der Waals surface area contributed by atoms with Gasteiger partial charge in [-0.05, 0) is 92.4 Å². The highest BCUT2D eigenvalue weighted by atomic mass is 16.5. The van der Waals surface area contributed by atoms with Gasteiger partial charge in [-0.25, -0.2) is 0 Å². The fourth-order valence-corrected chi connectivity index (χ4v) is 7.40. The first-order chi connectivity index (χ1) is 19.9. The molecule has 2 aliphatic heterocycles. The number of aromatic nitrogens is 1. The topological polar surface area (TPSA) is 95.4 Å². The molecule has 41 heavy (non-hydrogen) atoms. The van der Waals surface area contributed by atoms with Crippen LogP contribution in [0.25, 0.3) is 10.9 Å². The molecule has 226 valence electrons. The second-order valence-electron chi connectivity index (χ2n) is 12.7. The van der Waals surface area contributed by atoms with E-state index >= 15 is 0 Å². The zero-order valence-corrected chi connectivity index (χ0v) is 24.9. The molecule has 2 N–H and O–H groups in total. The number of ether oxygens (including phenoxy) is 2. The van der Waals surface area contributed by atoms with E-state index < -0.39 is 12.1 Å². The molecular weight excluding hydrogens is 518 g/mol. The monoisotopic (exact) mass is 567 g/mol. The van der Waals surface area contributed by atoms with Gasteiger partial charge < -0.3 is 24.6 Å². The lowest BCUT2D eigenvalue weighted by atomic mass is 9.71. The van der Waals surface area contributed by atoms with E-state index in [1.165, 1.54) is 38.5 Å². The number of pyridine rings is 1. The number of aliphatic hydroxyl groups excluding tert-OH is 1. The number of fused-ring (bicyclic) bond motifs is 1. The second kappa shape index (κ2) is 14.3. The van der Waals surface area contributed by atoms with Gasteiger partial charge in [0, 0.05) is 31.2 Å². The van der Waals surface area contributed by atoms with Crippen molar-refractivity contribution in [2.24, 2.45) is 11.3 Å². The zero-order chi connectivity index (χ0) is 28.7. The number of carboxylic acid groups (broad SMARTS) is 1. The number of nitrogens with zero attached hydrogens (tertiary/aromatic N) is 3. The van der Waals surface area contributed by atoms with Gasteiger partial charge in [0.1, 0.15) is 5.75 Å². The van der Waals surface area contributed by atoms with Crippen molar-refractivity contribution in [3.8, 4) is 5.75 Å². The molecule has 2 aromatic rings. The van der Waals surface area contributed by atoms with Crippen LogP contribution in [0.2, 0.25) is 0 Å². The molecule has 3 heterocycles. The van der Waals surface area contributed by atoms with Crippen molar-refractivity contribution in [1.82, 2.24) is 14.8 Å². The summed E-state index contributed by atoms with van der Waals surface area (Å²) >= 11 is 0. The third-order valence-corrected chi connectivity index (χ3v) is 10.00. The first-order valence-electron chi connectivity index (χ1n) is 15.8. The van der Waals surface area contributed by atoms with Crippen molar-refractivity contribution in [1.29, 1.82) is 0 Å². The number of piperidine rings is 1. The molecular formula is C33H49N3O5. The maximum Gasteiger partial charge on any atom is 0.303 e. The Hall–Kier alpha value is -2.26. The van der Waals surface area contributed by atoms with Crippen molar-refractivity contribution in [3.63, 3.8) is 0 Å². The Kier molecular flexibility index (Phi) is 10.5. The first-order valence-corrected chi connectivity index (χ1v) is 15.8. The number of hydrogen-bond acceptors (Lipinski definition) is 7. The molecule has 3 aliphatic rings. The van der Waals surface area contributed by atoms with E-state index in [1.807, 2.05) is 24.4 Å². The lowest BCUT2D eigenvalue weighted by molar-refractivity contribution is -0.141. The van der Waals surface area contributed by atoms with E-state index in [9.17, 15) is 15.0 Å². The standard InChI is InChI=1S/C33H49N3O5/c1-40-27-7-8-29-28(21-27)32(26(23-34-29)24-36-17-19-41-20-18-36)30(37)9-11-33(22-31(38)39)12-15-35(16-13-33)14-10-25-5-3-2-4-6-25/h7-8,21,23,25,30,37H,2-6,9-20,22,24H2,1H3,(H,38,39). The minimum atomic E-state index is -0.734. The molecule has 3 fully saturated rings. The van der Waals surface area contributed by atoms with E-state index in [0.29, 0.717) is 32.6 Å². The van der Waals surface area contributed by atoms with E-state index in [2.05, 4.69) is 9.80 Å². The predicted molar refractivity (Wildman–Crippen MR) is 160 cm³/mol. The van der Waals surface area contributed by atoms with Gasteiger partial charge in [-0.1, -0.05) is 32.1 Å². The maximum atomic E-state index is 12.0. The van der Waals surface area contributed by atoms with Crippen LogP contribution in [0.1, 0.15) is 87.9 Å². The number of rotatable bonds is 12. The van der Waals surface area contributed by atoms with Gasteiger partial charge >= 0.3 is 5.97 Å². The summed E-state index contributed by atoms with van der Waals surface area (Å²) in [7, 11) is 1.65. The minimum absolute atomic E-state index is 0.168. The van der Waals surface area contributed by atoms with Gasteiger partial charge in [0.15, 0.2) is 0 Å². The summed E-state index contributed by atoms with van der Waals surface area (Å²) in [5.74, 6) is 0.867. The summed E-state index contributed by atoms with van der Waals surface area (Å²) in [6.07, 6.45) is 12.5. The summed E-state index contributed by atoms with van der Waals surface area (Å²) in [6, 6.07) is 5.82. The number of aliphatic hydroxyl groups is 1. The van der Waals surface area contributed by atoms with Crippen molar-refractivity contribution in [2.45, 2.75) is 83.3 Å². The smallest absolute Gasteiger partial charge is 0.303 e. The van der Waals surface area contributed by atoms with Crippen LogP contribution in [0, 0.1) is 11.3 Å². The molecule has 2 saturated heterocycles. The van der Waals surface area contributed by atoms with Crippen LogP contribution in [-0.4, -0.2) is 84.0 Å². The van der Waals surface area contributed by atoms with Gasteiger partial charge in [0.25, 0.3) is 0 Å². The predicted octanol–water partition coefficient (Wildman–Crippen LogP) is 5.42. The first kappa shape index (κ1) is 30.2. The largest absolute Gasteiger partial charge is 0.497 e. The van der Waals surface area contributed by atoms with Gasteiger partial charge in [-0.2, -0.15) is 0 Å². The molecule has 1 saturated carbocycles. The normalized spacial score (nSPS) is 21.6. The van der Waals surface area contributed by atoms with E-state index in [4.69, 9.17) is 14.5 Å². The number of likely N-dealkylation sites (tertiary alicyclic amines) is 1. The Labute approximate surface area is 245 Å². The van der Waals surface area contributed by atoms with Crippen LogP contribution in [-0.2, 0) is 16.1 Å². The third-order valence-electron chi connectivity index (χ3n) is 10.00. The van der Waals surface area contributed by atoms with Crippen LogP contribution >= 0.6 is 0 Å². The Bertz CT molecular complexity index is 1140. The van der Waals surface area contributed by atoms with Crippen molar-refractivity contribution in [2.75, 3.05) is 53.0 Å². The van der Waals surface area contributed by atoms with E-state index in [1.54, 1.807) is 7.11 Å². The summed E-state index contributed by atoms with van der Waals surface area (Å²) in [4.78, 5) is 21.6. The second-order valence-corrected chi connectivity index (χ2v) is 12.7. The molecule has 1 aromatic heterocycles. The molecule has 0 amide bonds. The molecule has 1 atom stereocenters. The molecule has 8 nitrogen and oxygen atoms in total. The Morgan fingerprint density at radius 3 is 2.59 bits per heavy atom. The van der Waals surface area contributed by atoms with Crippen LogP contribution in [0.5, 0.6) is 5.75 Å². The fraction of sp³-hybridized carbons (Fsp3) is 0.697. The van der Waals surface area contributed by atoms with E-state index in [-0.39, 0.29) is 11.8 Å². The molecule has 1 unspecified atom stereocenters. The van der Waals surface area contributed by atoms with Gasteiger partial charge in [0.2, 0.25) is 0 Å². The summed E-state index contributed by atoms with van der Waals surface area (Å²) in [6.45, 7) is 6.86. The van der Waals surface area contributed by atoms with E-state index in [0.717, 1.165) is 79.3 Å². The van der Waals surface area contributed by atoms with Crippen molar-refractivity contribution in [3.05, 3.63) is 35.5 Å². The number of carbonyl (C=O) groups is 1. The third kappa shape index (κ3) is 7.98. The molecule has 0 bridgehead atoms. The highest BCUT2D eigenvalue weighted by Crippen LogP contribution is 2.43. The number of methoxy groups -OCH3 is 1. The lowest BCUT2D eigenvalue weighted by Crippen LogP contribution is -2.42. The average Bonchev–Trinajstić information content (AvgIpc) is 3.00. The van der Waals surface area contributed by atoms with Crippen LogP contribution in [0.3, 0.4) is 0 Å². The van der Waals surface area contributed by atoms with Gasteiger partial charge in [0.05, 0.1) is 38.4 Å². The molecule has 0 radical (unpaired) electrons. The quantitative estimate of drug-likeness (QED) is 0.351. The maximum absolute atomic E-state index is 12.0. The van der Waals surface area contributed by atoms with Crippen LogP contribution < -0.4 is 4.74 Å². The molecule has 0 spiro atoms. The summed E-state index contributed by atoms with van der Waals surface area (Å²) < 4.78 is 11.1. The van der Waals surface area contributed by atoms with Crippen LogP contribution in [0.4, 0.5) is 0 Å². The van der Waals surface area contributed by atoms with Gasteiger partial charge in [-0.15, -0.1) is 0 Å². The molecule has 8 heteroatoms. The average molecular weight is 568 g/mol. The Morgan fingerprint density at radius 2 is 1.88 bits per heavy atom. The minimum Gasteiger partial charge on any atom is -0.497 e. The zero-order valence-electron chi connectivity index (χ0n) is 24.9. The Balaban J connectivity index is 1.29. The van der Waals surface area contributed by atoms with Crippen LogP contribution in [0.15, 0.2) is 24.4 Å². The highest BCUT2D eigenvalue weighted by molar-refractivity contribution is 5.85. The number of benzene rings is 1. The lowest BCUT2D eigenvalue weighted by Gasteiger charge is -2.42. The number of aliphatic carboxylic acids is 1. The Morgan fingerprint density at radius 1 is 1.12 bits per heavy atom. The number of carboxylic acids is 1. The molecule has 1 aromatic carbocycles. The fourth-order valence-electron chi connectivity index (χ4n) is 7.40. The van der Waals surface area contributed by atoms with Crippen molar-refractivity contribution >= 4 is 16.9 Å². The van der Waals surface area contributed by atoms with Gasteiger partial charge in [-0.3, -0.25) is 14.7 Å².